The van der Waals surface area contributed by atoms with Gasteiger partial charge in [0.2, 0.25) is 0 Å². The van der Waals surface area contributed by atoms with Gasteiger partial charge in [0.15, 0.2) is 10.9 Å². The van der Waals surface area contributed by atoms with Gasteiger partial charge < -0.3 is 11.5 Å². The summed E-state index contributed by atoms with van der Waals surface area (Å²) in [6.45, 7) is 1.76. The number of nitrogens with zero attached hydrogens (tertiary/aromatic N) is 1. The first-order valence-electron chi connectivity index (χ1n) is 3.11. The van der Waals surface area contributed by atoms with Crippen molar-refractivity contribution in [1.29, 1.82) is 0 Å². The van der Waals surface area contributed by atoms with E-state index in [9.17, 15) is 4.79 Å². The Hall–Kier alpha value is -0.650. The highest BCUT2D eigenvalue weighted by atomic mass is 35.5. The summed E-state index contributed by atoms with van der Waals surface area (Å²) in [5, 5.41) is 0.416. The predicted octanol–water partition coefficient (Wildman–Crippen LogP) is 0.597. The monoisotopic (exact) mass is 207 g/mol. The summed E-state index contributed by atoms with van der Waals surface area (Å²) in [4.78, 5) is 15.5. The first kappa shape index (κ1) is 11.4. The molecule has 1 heterocycles. The fourth-order valence-corrected chi connectivity index (χ4v) is 1.55. The number of aromatic nitrogens is 1. The maximum Gasteiger partial charge on any atom is 0.188 e. The van der Waals surface area contributed by atoms with Gasteiger partial charge in [-0.3, -0.25) is 4.79 Å². The number of Topliss-reactive ketones (excluding diaryl/α,β-unsaturated/α-hetero) is 1. The van der Waals surface area contributed by atoms with Crippen LogP contribution in [0.15, 0.2) is 0 Å². The van der Waals surface area contributed by atoms with Crippen molar-refractivity contribution in [3.05, 3.63) is 10.6 Å². The number of nitrogens with two attached hydrogens (primary N) is 2. The molecule has 68 valence electrons. The lowest BCUT2D eigenvalue weighted by Crippen LogP contribution is -2.13. The molecule has 1 rings (SSSR count). The molecule has 0 aromatic carbocycles. The molecule has 0 fully saturated rings. The maximum absolute atomic E-state index is 11.0. The number of rotatable bonds is 2. The van der Waals surface area contributed by atoms with E-state index in [1.165, 1.54) is 11.3 Å². The van der Waals surface area contributed by atoms with Crippen LogP contribution in [-0.2, 0) is 0 Å². The molecule has 0 bridgehead atoms. The third kappa shape index (κ3) is 2.17. The Balaban J connectivity index is 0.00000121. The Morgan fingerprint density at radius 1 is 1.67 bits per heavy atom. The third-order valence-corrected chi connectivity index (χ3v) is 2.28. The van der Waals surface area contributed by atoms with E-state index in [1.54, 1.807) is 6.92 Å². The standard InChI is InChI=1S/C6H9N3OS.ClH/c1-3-5(4(10)2-7)11-6(8)9-3;/h2,7H2,1H3,(H2,8,9);1H. The van der Waals surface area contributed by atoms with Crippen molar-refractivity contribution in [3.63, 3.8) is 0 Å². The van der Waals surface area contributed by atoms with Gasteiger partial charge in [0, 0.05) is 0 Å². The van der Waals surface area contributed by atoms with E-state index in [0.717, 1.165) is 0 Å². The average Bonchev–Trinajstić information content (AvgIpc) is 2.28. The Kier molecular flexibility index (Phi) is 4.16. The Morgan fingerprint density at radius 3 is 2.58 bits per heavy atom. The minimum Gasteiger partial charge on any atom is -0.375 e. The third-order valence-electron chi connectivity index (χ3n) is 1.25. The number of aryl methyl sites for hydroxylation is 1. The van der Waals surface area contributed by atoms with Gasteiger partial charge in [-0.2, -0.15) is 0 Å². The lowest BCUT2D eigenvalue weighted by Gasteiger charge is -1.90. The molecule has 6 heteroatoms. The van der Waals surface area contributed by atoms with Crippen LogP contribution in [0, 0.1) is 6.92 Å². The van der Waals surface area contributed by atoms with E-state index in [0.29, 0.717) is 15.7 Å². The minimum atomic E-state index is -0.100. The summed E-state index contributed by atoms with van der Waals surface area (Å²) in [7, 11) is 0. The summed E-state index contributed by atoms with van der Waals surface area (Å²) in [6.07, 6.45) is 0. The molecule has 0 aliphatic rings. The fourth-order valence-electron chi connectivity index (χ4n) is 0.769. The molecule has 0 aliphatic carbocycles. The lowest BCUT2D eigenvalue weighted by atomic mass is 10.3. The van der Waals surface area contributed by atoms with Crippen molar-refractivity contribution < 1.29 is 4.79 Å². The van der Waals surface area contributed by atoms with Gasteiger partial charge in [-0.15, -0.1) is 12.4 Å². The van der Waals surface area contributed by atoms with Gasteiger partial charge in [-0.25, -0.2) is 4.98 Å². The van der Waals surface area contributed by atoms with Crippen molar-refractivity contribution in [2.75, 3.05) is 12.3 Å². The highest BCUT2D eigenvalue weighted by Crippen LogP contribution is 2.19. The van der Waals surface area contributed by atoms with Gasteiger partial charge in [-0.05, 0) is 6.92 Å². The zero-order valence-electron chi connectivity index (χ0n) is 6.53. The molecule has 1 aromatic rings. The molecular weight excluding hydrogens is 198 g/mol. The second-order valence-corrected chi connectivity index (χ2v) is 3.12. The van der Waals surface area contributed by atoms with Gasteiger partial charge in [0.05, 0.1) is 17.1 Å². The molecule has 4 N–H and O–H groups in total. The SMILES string of the molecule is Cc1nc(N)sc1C(=O)CN.Cl. The van der Waals surface area contributed by atoms with Crippen LogP contribution < -0.4 is 11.5 Å². The molecule has 1 aromatic heterocycles. The molecule has 0 saturated carbocycles. The highest BCUT2D eigenvalue weighted by molar-refractivity contribution is 7.17. The summed E-state index contributed by atoms with van der Waals surface area (Å²) < 4.78 is 0. The van der Waals surface area contributed by atoms with Crippen LogP contribution in [0.5, 0.6) is 0 Å². The summed E-state index contributed by atoms with van der Waals surface area (Å²) >= 11 is 1.18. The van der Waals surface area contributed by atoms with Crippen LogP contribution in [0.4, 0.5) is 5.13 Å². The second-order valence-electron chi connectivity index (χ2n) is 2.09. The van der Waals surface area contributed by atoms with Crippen LogP contribution in [0.3, 0.4) is 0 Å². The van der Waals surface area contributed by atoms with E-state index in [1.807, 2.05) is 0 Å². The number of hydrogen-bond acceptors (Lipinski definition) is 5. The minimum absolute atomic E-state index is 0. The Bertz CT molecular complexity index is 286. The molecule has 0 aliphatic heterocycles. The van der Waals surface area contributed by atoms with E-state index < -0.39 is 0 Å². The van der Waals surface area contributed by atoms with Crippen molar-refractivity contribution >= 4 is 34.7 Å². The second kappa shape index (κ2) is 4.39. The average molecular weight is 208 g/mol. The zero-order chi connectivity index (χ0) is 8.43. The first-order chi connectivity index (χ1) is 5.15. The van der Waals surface area contributed by atoms with Crippen molar-refractivity contribution in [1.82, 2.24) is 4.98 Å². The van der Waals surface area contributed by atoms with Crippen LogP contribution in [-0.4, -0.2) is 17.3 Å². The van der Waals surface area contributed by atoms with E-state index in [2.05, 4.69) is 4.98 Å². The van der Waals surface area contributed by atoms with Crippen LogP contribution in [0.2, 0.25) is 0 Å². The summed E-state index contributed by atoms with van der Waals surface area (Å²) in [6, 6.07) is 0. The number of ketones is 1. The van der Waals surface area contributed by atoms with Crippen molar-refractivity contribution in [2.45, 2.75) is 6.92 Å². The molecule has 12 heavy (non-hydrogen) atoms. The number of carbonyl (C=O) groups excluding carboxylic acids is 1. The van der Waals surface area contributed by atoms with E-state index in [4.69, 9.17) is 11.5 Å². The van der Waals surface area contributed by atoms with Gasteiger partial charge in [0.1, 0.15) is 0 Å². The molecule has 0 unspecified atom stereocenters. The molecule has 0 amide bonds. The molecule has 0 saturated heterocycles. The van der Waals surface area contributed by atoms with Gasteiger partial charge in [-0.1, -0.05) is 11.3 Å². The smallest absolute Gasteiger partial charge is 0.188 e. The van der Waals surface area contributed by atoms with Crippen LogP contribution in [0.25, 0.3) is 0 Å². The zero-order valence-corrected chi connectivity index (χ0v) is 8.17. The number of halogens is 1. The van der Waals surface area contributed by atoms with Crippen molar-refractivity contribution in [2.24, 2.45) is 5.73 Å². The molecule has 4 nitrogen and oxygen atoms in total. The maximum atomic E-state index is 11.0. The summed E-state index contributed by atoms with van der Waals surface area (Å²) in [5.41, 5.74) is 11.2. The lowest BCUT2D eigenvalue weighted by molar-refractivity contribution is 0.100. The van der Waals surface area contributed by atoms with Crippen molar-refractivity contribution in [3.8, 4) is 0 Å². The highest BCUT2D eigenvalue weighted by Gasteiger charge is 2.11. The fraction of sp³-hybridized carbons (Fsp3) is 0.333. The Labute approximate surface area is 80.4 Å². The molecule has 0 spiro atoms. The van der Waals surface area contributed by atoms with Gasteiger partial charge >= 0.3 is 0 Å². The van der Waals surface area contributed by atoms with Crippen LogP contribution in [0.1, 0.15) is 15.4 Å². The normalized spacial score (nSPS) is 9.17. The number of hydrogen-bond donors (Lipinski definition) is 2. The van der Waals surface area contributed by atoms with E-state index >= 15 is 0 Å². The number of thiazole rings is 1. The van der Waals surface area contributed by atoms with Gasteiger partial charge in [0.25, 0.3) is 0 Å². The quantitative estimate of drug-likeness (QED) is 0.696. The van der Waals surface area contributed by atoms with Crippen LogP contribution >= 0.6 is 23.7 Å². The molecular formula is C6H10ClN3OS. The Morgan fingerprint density at radius 2 is 2.25 bits per heavy atom. The number of nitrogen functional groups attached to an aromatic ring is 1. The summed E-state index contributed by atoms with van der Waals surface area (Å²) in [5.74, 6) is -0.100. The topological polar surface area (TPSA) is 82.0 Å². The molecule has 0 radical (unpaired) electrons. The van der Waals surface area contributed by atoms with E-state index in [-0.39, 0.29) is 24.7 Å². The molecule has 0 atom stereocenters. The largest absolute Gasteiger partial charge is 0.375 e. The number of anilines is 1. The number of carbonyl (C=O) groups is 1. The first-order valence-corrected chi connectivity index (χ1v) is 3.93. The predicted molar refractivity (Wildman–Crippen MR) is 51.9 cm³/mol.